The fourth-order valence-corrected chi connectivity index (χ4v) is 4.10. The highest BCUT2D eigenvalue weighted by Crippen LogP contribution is 2.44. The molecule has 0 saturated carbocycles. The van der Waals surface area contributed by atoms with Crippen molar-refractivity contribution in [2.75, 3.05) is 13.1 Å². The summed E-state index contributed by atoms with van der Waals surface area (Å²) in [6, 6.07) is 11.5. The molecule has 2 heterocycles. The van der Waals surface area contributed by atoms with Crippen LogP contribution in [0.5, 0.6) is 0 Å². The molecule has 2 nitrogen and oxygen atoms in total. The average Bonchev–Trinajstić information content (AvgIpc) is 2.46. The summed E-state index contributed by atoms with van der Waals surface area (Å²) in [6.45, 7) is 8.74. The van der Waals surface area contributed by atoms with Gasteiger partial charge in [0.2, 0.25) is 0 Å². The Kier molecular flexibility index (Phi) is 5.26. The maximum atomic E-state index is 11.0. The smallest absolute Gasteiger partial charge is 0.0722 e. The van der Waals surface area contributed by atoms with Gasteiger partial charge in [0.25, 0.3) is 0 Å². The zero-order chi connectivity index (χ0) is 15.1. The lowest BCUT2D eigenvalue weighted by atomic mass is 9.67. The van der Waals surface area contributed by atoms with E-state index in [4.69, 9.17) is 0 Å². The van der Waals surface area contributed by atoms with Crippen molar-refractivity contribution in [3.05, 3.63) is 35.9 Å². The van der Waals surface area contributed by atoms with Gasteiger partial charge in [0.1, 0.15) is 0 Å². The Balaban J connectivity index is 0.00000176. The Morgan fingerprint density at radius 3 is 2.45 bits per heavy atom. The molecule has 2 fully saturated rings. The molecule has 3 heteroatoms. The van der Waals surface area contributed by atoms with Crippen LogP contribution in [0.1, 0.15) is 57.9 Å². The molecule has 0 aliphatic carbocycles. The number of rotatable bonds is 1. The van der Waals surface area contributed by atoms with Gasteiger partial charge in [-0.3, -0.25) is 4.90 Å². The third kappa shape index (κ3) is 3.34. The summed E-state index contributed by atoms with van der Waals surface area (Å²) in [5.41, 5.74) is 0.968. The molecular formula is C19H30ClNO. The number of nitrogens with zero attached hydrogens (tertiary/aromatic N) is 1. The fourth-order valence-electron chi connectivity index (χ4n) is 4.10. The highest BCUT2D eigenvalue weighted by atomic mass is 35.5. The summed E-state index contributed by atoms with van der Waals surface area (Å²) >= 11 is 0. The minimum absolute atomic E-state index is 0. The predicted octanol–water partition coefficient (Wildman–Crippen LogP) is 4.23. The number of hydrogen-bond donors (Lipinski definition) is 1. The van der Waals surface area contributed by atoms with Gasteiger partial charge in [0, 0.05) is 19.1 Å². The van der Waals surface area contributed by atoms with Crippen molar-refractivity contribution in [1.82, 2.24) is 4.90 Å². The molecule has 124 valence electrons. The van der Waals surface area contributed by atoms with E-state index < -0.39 is 5.60 Å². The van der Waals surface area contributed by atoms with Crippen LogP contribution in [0.4, 0.5) is 0 Å². The Labute approximate surface area is 141 Å². The van der Waals surface area contributed by atoms with Gasteiger partial charge < -0.3 is 5.11 Å². The van der Waals surface area contributed by atoms with E-state index in [-0.39, 0.29) is 17.8 Å². The van der Waals surface area contributed by atoms with Crippen molar-refractivity contribution in [1.29, 1.82) is 0 Å². The third-order valence-electron chi connectivity index (χ3n) is 5.87. The van der Waals surface area contributed by atoms with Crippen LogP contribution >= 0.6 is 12.4 Å². The van der Waals surface area contributed by atoms with Crippen molar-refractivity contribution in [3.63, 3.8) is 0 Å². The van der Waals surface area contributed by atoms with Gasteiger partial charge in [0.05, 0.1) is 5.60 Å². The van der Waals surface area contributed by atoms with Crippen LogP contribution in [-0.4, -0.2) is 34.7 Å². The van der Waals surface area contributed by atoms with Crippen LogP contribution in [0.25, 0.3) is 0 Å². The van der Waals surface area contributed by atoms with Crippen molar-refractivity contribution in [2.24, 2.45) is 5.41 Å². The van der Waals surface area contributed by atoms with E-state index in [2.05, 4.69) is 56.0 Å². The van der Waals surface area contributed by atoms with E-state index >= 15 is 0 Å². The number of halogens is 1. The Hall–Kier alpha value is -0.570. The van der Waals surface area contributed by atoms with Crippen molar-refractivity contribution >= 4 is 12.4 Å². The molecule has 0 bridgehead atoms. The number of benzene rings is 1. The van der Waals surface area contributed by atoms with Crippen molar-refractivity contribution in [3.8, 4) is 0 Å². The monoisotopic (exact) mass is 323 g/mol. The Morgan fingerprint density at radius 2 is 1.82 bits per heavy atom. The number of aliphatic hydroxyl groups is 1. The highest BCUT2D eigenvalue weighted by Gasteiger charge is 2.47. The Morgan fingerprint density at radius 1 is 1.14 bits per heavy atom. The standard InChI is InChI=1S/C19H29NO.ClH/c1-18(2,3)19(21)11-12-20-14-16(9-10-17(20)13-19)15-7-5-4-6-8-15;/h4-8,16-17,21H,9-14H2,1-3H3;1H/t16-,17+,19-;/m0./s1. The molecule has 1 aromatic carbocycles. The number of piperidine rings is 2. The number of fused-ring (bicyclic) bond motifs is 1. The second-order valence-corrected chi connectivity index (χ2v) is 8.07. The summed E-state index contributed by atoms with van der Waals surface area (Å²) < 4.78 is 0. The SMILES string of the molecule is CC(C)(C)[C@]1(O)CCN2C[C@@H](c3ccccc3)CC[C@@H]2C1.Cl. The molecular weight excluding hydrogens is 294 g/mol. The molecule has 2 saturated heterocycles. The summed E-state index contributed by atoms with van der Waals surface area (Å²) in [4.78, 5) is 2.63. The lowest BCUT2D eigenvalue weighted by Crippen LogP contribution is -2.57. The fraction of sp³-hybridized carbons (Fsp3) is 0.684. The largest absolute Gasteiger partial charge is 0.389 e. The zero-order valence-corrected chi connectivity index (χ0v) is 14.9. The van der Waals surface area contributed by atoms with E-state index in [1.165, 1.54) is 18.4 Å². The molecule has 3 atom stereocenters. The van der Waals surface area contributed by atoms with E-state index in [1.807, 2.05) is 0 Å². The lowest BCUT2D eigenvalue weighted by Gasteiger charge is -2.52. The summed E-state index contributed by atoms with van der Waals surface area (Å²) in [5, 5.41) is 11.0. The van der Waals surface area contributed by atoms with Crippen molar-refractivity contribution in [2.45, 2.75) is 64.0 Å². The van der Waals surface area contributed by atoms with E-state index in [0.29, 0.717) is 12.0 Å². The molecule has 3 rings (SSSR count). The minimum Gasteiger partial charge on any atom is -0.389 e. The average molecular weight is 324 g/mol. The number of hydrogen-bond acceptors (Lipinski definition) is 2. The van der Waals surface area contributed by atoms with Gasteiger partial charge in [-0.25, -0.2) is 0 Å². The van der Waals surface area contributed by atoms with Gasteiger partial charge >= 0.3 is 0 Å². The van der Waals surface area contributed by atoms with Crippen LogP contribution in [-0.2, 0) is 0 Å². The summed E-state index contributed by atoms with van der Waals surface area (Å²) in [7, 11) is 0. The summed E-state index contributed by atoms with van der Waals surface area (Å²) in [5.74, 6) is 0.670. The highest BCUT2D eigenvalue weighted by molar-refractivity contribution is 5.85. The molecule has 2 aliphatic heterocycles. The van der Waals surface area contributed by atoms with Gasteiger partial charge in [-0.15, -0.1) is 12.4 Å². The first-order chi connectivity index (χ1) is 9.89. The normalized spacial score (nSPS) is 32.9. The van der Waals surface area contributed by atoms with E-state index in [0.717, 1.165) is 25.9 Å². The maximum absolute atomic E-state index is 11.0. The summed E-state index contributed by atoms with van der Waals surface area (Å²) in [6.07, 6.45) is 4.33. The van der Waals surface area contributed by atoms with Crippen LogP contribution in [0.2, 0.25) is 0 Å². The van der Waals surface area contributed by atoms with E-state index in [1.54, 1.807) is 0 Å². The molecule has 2 aliphatic rings. The van der Waals surface area contributed by atoms with Crippen LogP contribution in [0, 0.1) is 5.41 Å². The van der Waals surface area contributed by atoms with Gasteiger partial charge in [-0.2, -0.15) is 0 Å². The second kappa shape index (κ2) is 6.51. The molecule has 22 heavy (non-hydrogen) atoms. The first kappa shape index (κ1) is 17.8. The molecule has 1 aromatic rings. The quantitative estimate of drug-likeness (QED) is 0.836. The maximum Gasteiger partial charge on any atom is 0.0722 e. The molecule has 1 N–H and O–H groups in total. The Bertz CT molecular complexity index is 484. The van der Waals surface area contributed by atoms with Gasteiger partial charge in [0.15, 0.2) is 0 Å². The third-order valence-corrected chi connectivity index (χ3v) is 5.87. The van der Waals surface area contributed by atoms with Crippen LogP contribution < -0.4 is 0 Å². The van der Waals surface area contributed by atoms with Crippen molar-refractivity contribution < 1.29 is 5.11 Å². The molecule has 0 radical (unpaired) electrons. The van der Waals surface area contributed by atoms with E-state index in [9.17, 15) is 5.11 Å². The molecule has 0 aromatic heterocycles. The molecule has 0 unspecified atom stereocenters. The van der Waals surface area contributed by atoms with Crippen LogP contribution in [0.3, 0.4) is 0 Å². The first-order valence-electron chi connectivity index (χ1n) is 8.40. The molecule has 0 spiro atoms. The molecule has 0 amide bonds. The predicted molar refractivity (Wildman–Crippen MR) is 94.7 cm³/mol. The minimum atomic E-state index is -0.492. The van der Waals surface area contributed by atoms with Gasteiger partial charge in [-0.1, -0.05) is 51.1 Å². The van der Waals surface area contributed by atoms with Crippen LogP contribution in [0.15, 0.2) is 30.3 Å². The topological polar surface area (TPSA) is 23.5 Å². The first-order valence-corrected chi connectivity index (χ1v) is 8.40. The zero-order valence-electron chi connectivity index (χ0n) is 14.1. The van der Waals surface area contributed by atoms with Gasteiger partial charge in [-0.05, 0) is 42.6 Å². The second-order valence-electron chi connectivity index (χ2n) is 8.07. The lowest BCUT2D eigenvalue weighted by molar-refractivity contribution is -0.122.